The van der Waals surface area contributed by atoms with Gasteiger partial charge in [0.2, 0.25) is 0 Å². The van der Waals surface area contributed by atoms with Gasteiger partial charge in [0.05, 0.1) is 0 Å². The van der Waals surface area contributed by atoms with Crippen LogP contribution >= 0.6 is 11.3 Å². The third-order valence-corrected chi connectivity index (χ3v) is 4.86. The second-order valence-electron chi connectivity index (χ2n) is 5.16. The molecule has 1 aromatic rings. The van der Waals surface area contributed by atoms with Crippen molar-refractivity contribution >= 4 is 28.2 Å². The number of nitrogens with two attached hydrogens (primary N) is 1. The minimum Gasteiger partial charge on any atom is -0.382 e. The summed E-state index contributed by atoms with van der Waals surface area (Å²) in [5.74, 6) is 0.155. The normalized spacial score (nSPS) is 15.8. The van der Waals surface area contributed by atoms with Crippen molar-refractivity contribution in [3.8, 4) is 0 Å². The molecule has 0 spiro atoms. The fraction of sp³-hybridized carbons (Fsp3) is 0.692. The molecule has 0 saturated heterocycles. The molecule has 1 fully saturated rings. The molecule has 0 atom stereocenters. The highest BCUT2D eigenvalue weighted by atomic mass is 32.1. The summed E-state index contributed by atoms with van der Waals surface area (Å²) < 4.78 is 0. The molecule has 112 valence electrons. The van der Waals surface area contributed by atoms with E-state index in [1.54, 1.807) is 7.05 Å². The zero-order chi connectivity index (χ0) is 14.5. The smallest absolute Gasteiger partial charge is 0.265 e. The van der Waals surface area contributed by atoms with E-state index in [9.17, 15) is 4.79 Å². The summed E-state index contributed by atoms with van der Waals surface area (Å²) >= 11 is 1.28. The molecule has 1 heterocycles. The quantitative estimate of drug-likeness (QED) is 0.738. The van der Waals surface area contributed by atoms with E-state index in [-0.39, 0.29) is 5.91 Å². The number of nitrogens with one attached hydrogen (secondary N) is 2. The van der Waals surface area contributed by atoms with Gasteiger partial charge in [-0.15, -0.1) is 0 Å². The van der Waals surface area contributed by atoms with Gasteiger partial charge in [-0.05, 0) is 19.9 Å². The van der Waals surface area contributed by atoms with Crippen LogP contribution < -0.4 is 16.4 Å². The second kappa shape index (κ2) is 6.90. The topological polar surface area (TPSA) is 83.3 Å². The molecular formula is C13H23N5OS. The van der Waals surface area contributed by atoms with Gasteiger partial charge < -0.3 is 21.3 Å². The first-order valence-electron chi connectivity index (χ1n) is 7.04. The maximum absolute atomic E-state index is 12.0. The number of hydrogen-bond donors (Lipinski definition) is 3. The van der Waals surface area contributed by atoms with Gasteiger partial charge in [0.15, 0.2) is 5.13 Å². The maximum Gasteiger partial charge on any atom is 0.265 e. The lowest BCUT2D eigenvalue weighted by Crippen LogP contribution is -2.37. The van der Waals surface area contributed by atoms with Gasteiger partial charge in [-0.3, -0.25) is 4.79 Å². The van der Waals surface area contributed by atoms with Crippen molar-refractivity contribution in [2.75, 3.05) is 38.2 Å². The Kier molecular flexibility index (Phi) is 5.19. The van der Waals surface area contributed by atoms with Crippen molar-refractivity contribution in [3.63, 3.8) is 0 Å². The summed E-state index contributed by atoms with van der Waals surface area (Å²) in [7, 11) is 3.89. The molecule has 7 heteroatoms. The molecular weight excluding hydrogens is 274 g/mol. The number of carbonyl (C=O) groups is 1. The van der Waals surface area contributed by atoms with Crippen LogP contribution in [0.5, 0.6) is 0 Å². The molecule has 1 amide bonds. The van der Waals surface area contributed by atoms with E-state index in [1.165, 1.54) is 37.0 Å². The van der Waals surface area contributed by atoms with Crippen LogP contribution in [0.25, 0.3) is 0 Å². The van der Waals surface area contributed by atoms with Crippen LogP contribution in [0.3, 0.4) is 0 Å². The molecule has 1 aliphatic rings. The van der Waals surface area contributed by atoms with E-state index >= 15 is 0 Å². The third-order valence-electron chi connectivity index (χ3n) is 3.77. The highest BCUT2D eigenvalue weighted by Gasteiger charge is 2.20. The maximum atomic E-state index is 12.0. The first-order valence-corrected chi connectivity index (χ1v) is 7.86. The Morgan fingerprint density at radius 2 is 2.20 bits per heavy atom. The predicted octanol–water partition coefficient (Wildman–Crippen LogP) is 1.37. The van der Waals surface area contributed by atoms with Gasteiger partial charge in [0.1, 0.15) is 10.7 Å². The second-order valence-corrected chi connectivity index (χ2v) is 6.16. The lowest BCUT2D eigenvalue weighted by Gasteiger charge is -2.23. The molecule has 1 aromatic heterocycles. The first kappa shape index (κ1) is 15.1. The van der Waals surface area contributed by atoms with E-state index in [4.69, 9.17) is 5.73 Å². The molecule has 0 aromatic carbocycles. The molecule has 4 N–H and O–H groups in total. The lowest BCUT2D eigenvalue weighted by atomic mass is 10.2. The van der Waals surface area contributed by atoms with Crippen molar-refractivity contribution in [3.05, 3.63) is 4.88 Å². The van der Waals surface area contributed by atoms with Crippen molar-refractivity contribution in [1.82, 2.24) is 15.2 Å². The summed E-state index contributed by atoms with van der Waals surface area (Å²) in [5, 5.41) is 6.47. The summed E-state index contributed by atoms with van der Waals surface area (Å²) in [5.41, 5.74) is 5.74. The van der Waals surface area contributed by atoms with Crippen LogP contribution in [0.1, 0.15) is 35.4 Å². The number of thiazole rings is 1. The summed E-state index contributed by atoms with van der Waals surface area (Å²) in [6.45, 7) is 1.51. The Morgan fingerprint density at radius 1 is 1.50 bits per heavy atom. The Bertz CT molecular complexity index is 456. The highest BCUT2D eigenvalue weighted by Crippen LogP contribution is 2.24. The van der Waals surface area contributed by atoms with Gasteiger partial charge in [-0.25, -0.2) is 4.98 Å². The Balaban J connectivity index is 1.78. The minimum atomic E-state index is -0.138. The summed E-state index contributed by atoms with van der Waals surface area (Å²) in [6.07, 6.45) is 5.20. The number of likely N-dealkylation sites (N-methyl/N-ethyl adjacent to an activating group) is 1. The van der Waals surface area contributed by atoms with E-state index in [0.717, 1.165) is 6.54 Å². The Morgan fingerprint density at radius 3 is 2.80 bits per heavy atom. The summed E-state index contributed by atoms with van der Waals surface area (Å²) in [6, 6.07) is 0.677. The molecule has 0 bridgehead atoms. The fourth-order valence-electron chi connectivity index (χ4n) is 2.56. The van der Waals surface area contributed by atoms with Gasteiger partial charge in [0.25, 0.3) is 5.91 Å². The van der Waals surface area contributed by atoms with E-state index in [1.807, 2.05) is 0 Å². The highest BCUT2D eigenvalue weighted by molar-refractivity contribution is 7.18. The van der Waals surface area contributed by atoms with Crippen molar-refractivity contribution in [1.29, 1.82) is 0 Å². The number of anilines is 2. The van der Waals surface area contributed by atoms with Gasteiger partial charge in [-0.1, -0.05) is 24.2 Å². The number of aromatic nitrogens is 1. The minimum absolute atomic E-state index is 0.138. The first-order chi connectivity index (χ1) is 9.61. The molecule has 1 aliphatic carbocycles. The number of hydrogen-bond acceptors (Lipinski definition) is 6. The Labute approximate surface area is 123 Å². The summed E-state index contributed by atoms with van der Waals surface area (Å²) in [4.78, 5) is 18.9. The Hall–Kier alpha value is -1.34. The monoisotopic (exact) mass is 297 g/mol. The van der Waals surface area contributed by atoms with Crippen LogP contribution in [0.4, 0.5) is 10.9 Å². The number of carbonyl (C=O) groups excluding carboxylic acids is 1. The van der Waals surface area contributed by atoms with Gasteiger partial charge >= 0.3 is 0 Å². The molecule has 2 rings (SSSR count). The molecule has 20 heavy (non-hydrogen) atoms. The van der Waals surface area contributed by atoms with Gasteiger partial charge in [0, 0.05) is 26.2 Å². The fourth-order valence-corrected chi connectivity index (χ4v) is 3.31. The predicted molar refractivity (Wildman–Crippen MR) is 83.3 cm³/mol. The number of nitrogen functional groups attached to an aromatic ring is 1. The van der Waals surface area contributed by atoms with Crippen LogP contribution in [0, 0.1) is 0 Å². The number of rotatable bonds is 6. The molecule has 6 nitrogen and oxygen atoms in total. The van der Waals surface area contributed by atoms with Gasteiger partial charge in [-0.2, -0.15) is 0 Å². The average molecular weight is 297 g/mol. The lowest BCUT2D eigenvalue weighted by molar-refractivity contribution is 0.0952. The number of amides is 1. The molecule has 0 unspecified atom stereocenters. The van der Waals surface area contributed by atoms with Crippen LogP contribution in [0.2, 0.25) is 0 Å². The van der Waals surface area contributed by atoms with Crippen LogP contribution in [-0.2, 0) is 0 Å². The van der Waals surface area contributed by atoms with Crippen molar-refractivity contribution in [2.45, 2.75) is 31.7 Å². The largest absolute Gasteiger partial charge is 0.382 e. The van der Waals surface area contributed by atoms with E-state index in [2.05, 4.69) is 27.6 Å². The average Bonchev–Trinajstić information content (AvgIpc) is 3.07. The zero-order valence-electron chi connectivity index (χ0n) is 12.1. The third kappa shape index (κ3) is 3.61. The van der Waals surface area contributed by atoms with Crippen LogP contribution in [-0.4, -0.2) is 49.0 Å². The molecule has 1 saturated carbocycles. The van der Waals surface area contributed by atoms with E-state index in [0.29, 0.717) is 28.4 Å². The van der Waals surface area contributed by atoms with Crippen molar-refractivity contribution in [2.24, 2.45) is 0 Å². The SMILES string of the molecule is CNc1nc(N)c(C(=O)NCCN(C)C2CCCC2)s1. The standard InChI is InChI=1S/C13H23N5OS/c1-15-13-17-11(14)10(20-13)12(19)16-7-8-18(2)9-5-3-4-6-9/h9H,3-8,14H2,1-2H3,(H,15,17)(H,16,19). The van der Waals surface area contributed by atoms with Crippen LogP contribution in [0.15, 0.2) is 0 Å². The van der Waals surface area contributed by atoms with Crippen molar-refractivity contribution < 1.29 is 4.79 Å². The zero-order valence-corrected chi connectivity index (χ0v) is 12.9. The molecule has 0 aliphatic heterocycles. The van der Waals surface area contributed by atoms with E-state index < -0.39 is 0 Å². The molecule has 0 radical (unpaired) electrons. The number of nitrogens with zero attached hydrogens (tertiary/aromatic N) is 2.